The molecule has 2 N–H and O–H groups in total. The number of nitrogens with zero attached hydrogens (tertiary/aromatic N) is 2. The molecule has 0 fully saturated rings. The average Bonchev–Trinajstić information content (AvgIpc) is 3.07. The third-order valence-corrected chi connectivity index (χ3v) is 4.37. The summed E-state index contributed by atoms with van der Waals surface area (Å²) in [4.78, 5) is 30.2. The maximum Gasteiger partial charge on any atom is 0.269 e. The number of oxazole rings is 1. The number of carbonyl (C=O) groups excluding carboxylic acids is 2. The van der Waals surface area contributed by atoms with Gasteiger partial charge in [-0.15, -0.1) is 0 Å². The van der Waals surface area contributed by atoms with Crippen LogP contribution in [0.2, 0.25) is 0 Å². The molecule has 0 saturated carbocycles. The fourth-order valence-corrected chi connectivity index (χ4v) is 2.84. The molecule has 7 nitrogen and oxygen atoms in total. The SMILES string of the molecule is CN(C)c1cccc(C(=O)NNC(=O)CSc2nc3ccccc3o2)c1. The number of aromatic nitrogens is 1. The molecule has 0 aliphatic carbocycles. The summed E-state index contributed by atoms with van der Waals surface area (Å²) in [7, 11) is 3.78. The number of hydrogen-bond acceptors (Lipinski definition) is 6. The van der Waals surface area contributed by atoms with Crippen molar-refractivity contribution in [1.82, 2.24) is 15.8 Å². The van der Waals surface area contributed by atoms with Crippen molar-refractivity contribution in [2.24, 2.45) is 0 Å². The van der Waals surface area contributed by atoms with Crippen LogP contribution in [0.15, 0.2) is 58.2 Å². The Kier molecular flexibility index (Phi) is 5.43. The number of amides is 2. The second kappa shape index (κ2) is 7.92. The van der Waals surface area contributed by atoms with E-state index < -0.39 is 0 Å². The fraction of sp³-hybridized carbons (Fsp3) is 0.167. The molecule has 1 aromatic heterocycles. The van der Waals surface area contributed by atoms with Gasteiger partial charge in [0, 0.05) is 25.3 Å². The van der Waals surface area contributed by atoms with Crippen LogP contribution < -0.4 is 15.8 Å². The minimum Gasteiger partial charge on any atom is -0.431 e. The smallest absolute Gasteiger partial charge is 0.269 e. The van der Waals surface area contributed by atoms with Crippen molar-refractivity contribution in [2.45, 2.75) is 5.22 Å². The molecule has 0 saturated heterocycles. The van der Waals surface area contributed by atoms with E-state index >= 15 is 0 Å². The predicted molar refractivity (Wildman–Crippen MR) is 101 cm³/mol. The number of fused-ring (bicyclic) bond motifs is 1. The zero-order chi connectivity index (χ0) is 18.5. The van der Waals surface area contributed by atoms with Gasteiger partial charge >= 0.3 is 0 Å². The van der Waals surface area contributed by atoms with Crippen LogP contribution in [0.5, 0.6) is 0 Å². The summed E-state index contributed by atoms with van der Waals surface area (Å²) in [5.74, 6) is -0.659. The van der Waals surface area contributed by atoms with Crippen molar-refractivity contribution in [2.75, 3.05) is 24.7 Å². The van der Waals surface area contributed by atoms with E-state index in [1.807, 2.05) is 49.3 Å². The zero-order valence-corrected chi connectivity index (χ0v) is 15.2. The van der Waals surface area contributed by atoms with Gasteiger partial charge in [-0.2, -0.15) is 0 Å². The van der Waals surface area contributed by atoms with Gasteiger partial charge in [-0.3, -0.25) is 20.4 Å². The van der Waals surface area contributed by atoms with Gasteiger partial charge in [-0.1, -0.05) is 30.0 Å². The Morgan fingerprint density at radius 3 is 2.69 bits per heavy atom. The van der Waals surface area contributed by atoms with Crippen molar-refractivity contribution in [3.63, 3.8) is 0 Å². The molecule has 1 heterocycles. The van der Waals surface area contributed by atoms with Crippen LogP contribution in [0.4, 0.5) is 5.69 Å². The molecule has 0 bridgehead atoms. The summed E-state index contributed by atoms with van der Waals surface area (Å²) >= 11 is 1.16. The Morgan fingerprint density at radius 1 is 1.12 bits per heavy atom. The number of anilines is 1. The summed E-state index contributed by atoms with van der Waals surface area (Å²) in [6.07, 6.45) is 0. The first-order chi connectivity index (χ1) is 12.5. The Morgan fingerprint density at radius 2 is 1.92 bits per heavy atom. The molecule has 0 atom stereocenters. The van der Waals surface area contributed by atoms with Gasteiger partial charge in [0.15, 0.2) is 5.58 Å². The number of hydrogen-bond donors (Lipinski definition) is 2. The molecule has 3 aromatic rings. The van der Waals surface area contributed by atoms with Crippen molar-refractivity contribution in [3.8, 4) is 0 Å². The normalized spacial score (nSPS) is 10.5. The lowest BCUT2D eigenvalue weighted by molar-refractivity contribution is -0.119. The maximum absolute atomic E-state index is 12.1. The van der Waals surface area contributed by atoms with E-state index in [2.05, 4.69) is 15.8 Å². The number of thioether (sulfide) groups is 1. The largest absolute Gasteiger partial charge is 0.431 e. The van der Waals surface area contributed by atoms with E-state index in [4.69, 9.17) is 4.42 Å². The lowest BCUT2D eigenvalue weighted by atomic mass is 10.2. The molecular weight excluding hydrogens is 352 g/mol. The van der Waals surface area contributed by atoms with Crippen molar-refractivity contribution >= 4 is 40.4 Å². The van der Waals surface area contributed by atoms with E-state index in [-0.39, 0.29) is 17.6 Å². The lowest BCUT2D eigenvalue weighted by Gasteiger charge is -2.13. The van der Waals surface area contributed by atoms with Crippen LogP contribution in [-0.4, -0.2) is 36.6 Å². The minimum absolute atomic E-state index is 0.0742. The third-order valence-electron chi connectivity index (χ3n) is 3.54. The summed E-state index contributed by atoms with van der Waals surface area (Å²) in [5.41, 5.74) is 7.57. The summed E-state index contributed by atoms with van der Waals surface area (Å²) < 4.78 is 5.53. The number of hydrazine groups is 1. The molecule has 134 valence electrons. The van der Waals surface area contributed by atoms with Crippen LogP contribution in [0.1, 0.15) is 10.4 Å². The zero-order valence-electron chi connectivity index (χ0n) is 14.4. The number of para-hydroxylation sites is 2. The van der Waals surface area contributed by atoms with E-state index in [0.29, 0.717) is 16.4 Å². The van der Waals surface area contributed by atoms with E-state index in [1.165, 1.54) is 0 Å². The standard InChI is InChI=1S/C18H18N4O3S/c1-22(2)13-7-5-6-12(10-13)17(24)21-20-16(23)11-26-18-19-14-8-3-4-9-15(14)25-18/h3-10H,11H2,1-2H3,(H,20,23)(H,21,24). The van der Waals surface area contributed by atoms with Gasteiger partial charge in [-0.25, -0.2) is 4.98 Å². The van der Waals surface area contributed by atoms with Gasteiger partial charge in [0.2, 0.25) is 5.91 Å². The van der Waals surface area contributed by atoms with Gasteiger partial charge < -0.3 is 9.32 Å². The quantitative estimate of drug-likeness (QED) is 0.530. The molecule has 2 aromatic carbocycles. The first-order valence-electron chi connectivity index (χ1n) is 7.88. The molecule has 0 radical (unpaired) electrons. The highest BCUT2D eigenvalue weighted by atomic mass is 32.2. The van der Waals surface area contributed by atoms with Gasteiger partial charge in [0.25, 0.3) is 11.1 Å². The van der Waals surface area contributed by atoms with Gasteiger partial charge in [0.1, 0.15) is 5.52 Å². The summed E-state index contributed by atoms with van der Waals surface area (Å²) in [6.45, 7) is 0. The Hall–Kier alpha value is -3.00. The molecule has 2 amide bonds. The molecule has 3 rings (SSSR count). The van der Waals surface area contributed by atoms with Crippen LogP contribution in [0.3, 0.4) is 0 Å². The second-order valence-corrected chi connectivity index (χ2v) is 6.61. The summed E-state index contributed by atoms with van der Waals surface area (Å²) in [6, 6.07) is 14.5. The fourth-order valence-electron chi connectivity index (χ4n) is 2.20. The second-order valence-electron chi connectivity index (χ2n) is 5.68. The van der Waals surface area contributed by atoms with Crippen molar-refractivity contribution in [3.05, 3.63) is 54.1 Å². The lowest BCUT2D eigenvalue weighted by Crippen LogP contribution is -2.42. The topological polar surface area (TPSA) is 87.5 Å². The van der Waals surface area contributed by atoms with E-state index in [9.17, 15) is 9.59 Å². The third kappa shape index (κ3) is 4.34. The van der Waals surface area contributed by atoms with Gasteiger partial charge in [0.05, 0.1) is 5.75 Å². The van der Waals surface area contributed by atoms with Crippen LogP contribution >= 0.6 is 11.8 Å². The highest BCUT2D eigenvalue weighted by molar-refractivity contribution is 7.99. The highest BCUT2D eigenvalue weighted by Crippen LogP contribution is 2.22. The van der Waals surface area contributed by atoms with Crippen LogP contribution in [0.25, 0.3) is 11.1 Å². The molecule has 0 unspecified atom stereocenters. The minimum atomic E-state index is -0.381. The van der Waals surface area contributed by atoms with Crippen molar-refractivity contribution < 1.29 is 14.0 Å². The van der Waals surface area contributed by atoms with Crippen LogP contribution in [0, 0.1) is 0 Å². The first-order valence-corrected chi connectivity index (χ1v) is 8.86. The van der Waals surface area contributed by atoms with E-state index in [1.54, 1.807) is 18.2 Å². The molecule has 0 aliphatic heterocycles. The highest BCUT2D eigenvalue weighted by Gasteiger charge is 2.11. The molecule has 8 heteroatoms. The maximum atomic E-state index is 12.1. The number of nitrogens with one attached hydrogen (secondary N) is 2. The van der Waals surface area contributed by atoms with Gasteiger partial charge in [-0.05, 0) is 30.3 Å². The number of rotatable bonds is 5. The molecule has 0 aliphatic rings. The summed E-state index contributed by atoms with van der Waals surface area (Å²) in [5, 5.41) is 0.409. The number of carbonyl (C=O) groups is 2. The van der Waals surface area contributed by atoms with E-state index in [0.717, 1.165) is 23.0 Å². The Bertz CT molecular complexity index is 906. The first kappa shape index (κ1) is 17.8. The average molecular weight is 370 g/mol. The van der Waals surface area contributed by atoms with Crippen molar-refractivity contribution in [1.29, 1.82) is 0 Å². The Labute approximate surface area is 154 Å². The Balaban J connectivity index is 1.50. The predicted octanol–water partition coefficient (Wildman–Crippen LogP) is 2.45. The molecule has 26 heavy (non-hydrogen) atoms. The molecule has 0 spiro atoms. The monoisotopic (exact) mass is 370 g/mol. The van der Waals surface area contributed by atoms with Crippen LogP contribution in [-0.2, 0) is 4.79 Å². The molecular formula is C18H18N4O3S. The number of benzene rings is 2.